The van der Waals surface area contributed by atoms with Crippen LogP contribution in [0.25, 0.3) is 0 Å². The van der Waals surface area contributed by atoms with E-state index in [1.54, 1.807) is 18.4 Å². The molecule has 78 valence electrons. The Labute approximate surface area is 102 Å². The molecule has 4 heteroatoms. The fourth-order valence-corrected chi connectivity index (χ4v) is 2.49. The second-order valence-electron chi connectivity index (χ2n) is 3.19. The van der Waals surface area contributed by atoms with E-state index in [9.17, 15) is 4.79 Å². The molecule has 1 aromatic rings. The lowest BCUT2D eigenvalue weighted by Crippen LogP contribution is -2.12. The van der Waals surface area contributed by atoms with Crippen molar-refractivity contribution in [3.05, 3.63) is 19.9 Å². The molecule has 0 aliphatic rings. The Bertz CT molecular complexity index is 309. The molecule has 0 aliphatic carbocycles. The highest BCUT2D eigenvalue weighted by Gasteiger charge is 2.15. The molecular weight excluding hydrogens is 311 g/mol. The number of Topliss-reactive ketones (excluding diaryl/α,β-unsaturated/α-hetero) is 1. The van der Waals surface area contributed by atoms with Gasteiger partial charge in [-0.05, 0) is 35.1 Å². The maximum atomic E-state index is 11.8. The fourth-order valence-electron chi connectivity index (χ4n) is 1.15. The molecule has 2 nitrogen and oxygen atoms in total. The van der Waals surface area contributed by atoms with Crippen molar-refractivity contribution in [3.63, 3.8) is 0 Å². The minimum absolute atomic E-state index is 0.0559. The topological polar surface area (TPSA) is 26.3 Å². The van der Waals surface area contributed by atoms with E-state index in [-0.39, 0.29) is 11.7 Å². The van der Waals surface area contributed by atoms with Gasteiger partial charge in [0.1, 0.15) is 0 Å². The van der Waals surface area contributed by atoms with E-state index in [1.807, 2.05) is 18.4 Å². The van der Waals surface area contributed by atoms with E-state index in [0.717, 1.165) is 14.9 Å². The molecule has 0 saturated carbocycles. The van der Waals surface area contributed by atoms with Gasteiger partial charge in [-0.2, -0.15) is 0 Å². The summed E-state index contributed by atoms with van der Waals surface area (Å²) in [6, 6.07) is 1.94. The molecule has 0 N–H and O–H groups in total. The Morgan fingerprint density at radius 1 is 1.71 bits per heavy atom. The van der Waals surface area contributed by atoms with Gasteiger partial charge in [0, 0.05) is 30.6 Å². The summed E-state index contributed by atoms with van der Waals surface area (Å²) in [6.07, 6.45) is 0.793. The highest BCUT2D eigenvalue weighted by molar-refractivity contribution is 14.1. The molecule has 14 heavy (non-hydrogen) atoms. The molecule has 0 amide bonds. The predicted molar refractivity (Wildman–Crippen MR) is 67.0 cm³/mol. The molecule has 1 aromatic heterocycles. The predicted octanol–water partition coefficient (Wildman–Crippen LogP) is 3.21. The average Bonchev–Trinajstić information content (AvgIpc) is 2.60. The van der Waals surface area contributed by atoms with Crippen LogP contribution in [0, 0.1) is 8.80 Å². The minimum Gasteiger partial charge on any atom is -0.385 e. The molecule has 0 fully saturated rings. The van der Waals surface area contributed by atoms with Gasteiger partial charge in [0.15, 0.2) is 5.78 Å². The third kappa shape index (κ3) is 3.33. The van der Waals surface area contributed by atoms with Crippen LogP contribution in [0.3, 0.4) is 0 Å². The second-order valence-corrected chi connectivity index (χ2v) is 5.99. The lowest BCUT2D eigenvalue weighted by Gasteiger charge is -2.07. The van der Waals surface area contributed by atoms with Gasteiger partial charge in [0.25, 0.3) is 0 Å². The standard InChI is InChI=1S/C10H13IO2S/c1-7(3-4-13-2)10(12)8-5-9(11)14-6-8/h5-7H,3-4H2,1-2H3. The van der Waals surface area contributed by atoms with Crippen molar-refractivity contribution in [3.8, 4) is 0 Å². The number of methoxy groups -OCH3 is 1. The zero-order chi connectivity index (χ0) is 10.6. The molecule has 0 aliphatic heterocycles. The van der Waals surface area contributed by atoms with Gasteiger partial charge in [-0.15, -0.1) is 11.3 Å². The first-order valence-corrected chi connectivity index (χ1v) is 6.38. The number of ketones is 1. The van der Waals surface area contributed by atoms with Crippen LogP contribution in [0.4, 0.5) is 0 Å². The highest BCUT2D eigenvalue weighted by atomic mass is 127. The van der Waals surface area contributed by atoms with Gasteiger partial charge >= 0.3 is 0 Å². The summed E-state index contributed by atoms with van der Waals surface area (Å²) in [5.41, 5.74) is 0.836. The molecule has 0 saturated heterocycles. The van der Waals surface area contributed by atoms with Gasteiger partial charge in [-0.3, -0.25) is 4.79 Å². The molecule has 1 unspecified atom stereocenters. The smallest absolute Gasteiger partial charge is 0.166 e. The third-order valence-electron chi connectivity index (χ3n) is 2.05. The van der Waals surface area contributed by atoms with Crippen LogP contribution >= 0.6 is 33.9 Å². The Morgan fingerprint density at radius 2 is 2.43 bits per heavy atom. The fraction of sp³-hybridized carbons (Fsp3) is 0.500. The lowest BCUT2D eigenvalue weighted by atomic mass is 9.99. The second kappa shape index (κ2) is 5.82. The van der Waals surface area contributed by atoms with Crippen LogP contribution in [-0.2, 0) is 4.74 Å². The van der Waals surface area contributed by atoms with E-state index in [1.165, 1.54) is 0 Å². The van der Waals surface area contributed by atoms with Crippen LogP contribution in [0.5, 0.6) is 0 Å². The zero-order valence-corrected chi connectivity index (χ0v) is 11.2. The molecule has 0 spiro atoms. The summed E-state index contributed by atoms with van der Waals surface area (Å²) >= 11 is 3.84. The van der Waals surface area contributed by atoms with Crippen LogP contribution in [-0.4, -0.2) is 19.5 Å². The number of ether oxygens (including phenoxy) is 1. The summed E-state index contributed by atoms with van der Waals surface area (Å²) in [5.74, 6) is 0.279. The monoisotopic (exact) mass is 324 g/mol. The molecule has 1 heterocycles. The lowest BCUT2D eigenvalue weighted by molar-refractivity contribution is 0.0894. The maximum Gasteiger partial charge on any atom is 0.166 e. The van der Waals surface area contributed by atoms with E-state index < -0.39 is 0 Å². The summed E-state index contributed by atoms with van der Waals surface area (Å²) in [5, 5.41) is 1.92. The molecular formula is C10H13IO2S. The summed E-state index contributed by atoms with van der Waals surface area (Å²) < 4.78 is 6.11. The van der Waals surface area contributed by atoms with Crippen LogP contribution < -0.4 is 0 Å². The summed E-state index contributed by atoms with van der Waals surface area (Å²) in [4.78, 5) is 11.8. The Kier molecular flexibility index (Phi) is 5.05. The van der Waals surface area contributed by atoms with Crippen molar-refractivity contribution < 1.29 is 9.53 Å². The molecule has 0 bridgehead atoms. The van der Waals surface area contributed by atoms with E-state index in [2.05, 4.69) is 22.6 Å². The quantitative estimate of drug-likeness (QED) is 0.614. The number of rotatable bonds is 5. The maximum absolute atomic E-state index is 11.8. The summed E-state index contributed by atoms with van der Waals surface area (Å²) in [7, 11) is 1.66. The minimum atomic E-state index is 0.0559. The number of thiophene rings is 1. The Balaban J connectivity index is 2.56. The molecule has 0 radical (unpaired) electrons. The SMILES string of the molecule is COCCC(C)C(=O)c1csc(I)c1. The summed E-state index contributed by atoms with van der Waals surface area (Å²) in [6.45, 7) is 2.60. The third-order valence-corrected chi connectivity index (χ3v) is 3.84. The van der Waals surface area contributed by atoms with Crippen LogP contribution in [0.15, 0.2) is 11.4 Å². The average molecular weight is 324 g/mol. The Hall–Kier alpha value is 0.0600. The van der Waals surface area contributed by atoms with Crippen LogP contribution in [0.1, 0.15) is 23.7 Å². The molecule has 1 rings (SSSR count). The van der Waals surface area contributed by atoms with Crippen molar-refractivity contribution in [1.29, 1.82) is 0 Å². The largest absolute Gasteiger partial charge is 0.385 e. The first-order chi connectivity index (χ1) is 6.65. The van der Waals surface area contributed by atoms with Gasteiger partial charge in [0.05, 0.1) is 2.88 Å². The van der Waals surface area contributed by atoms with Crippen molar-refractivity contribution in [2.45, 2.75) is 13.3 Å². The number of hydrogen-bond acceptors (Lipinski definition) is 3. The first kappa shape index (κ1) is 12.1. The van der Waals surface area contributed by atoms with Crippen molar-refractivity contribution in [2.24, 2.45) is 5.92 Å². The Morgan fingerprint density at radius 3 is 2.93 bits per heavy atom. The van der Waals surface area contributed by atoms with Gasteiger partial charge in [-0.1, -0.05) is 6.92 Å². The van der Waals surface area contributed by atoms with E-state index in [4.69, 9.17) is 4.74 Å². The number of hydrogen-bond donors (Lipinski definition) is 0. The number of carbonyl (C=O) groups is 1. The first-order valence-electron chi connectivity index (χ1n) is 4.42. The van der Waals surface area contributed by atoms with Crippen molar-refractivity contribution in [1.82, 2.24) is 0 Å². The number of carbonyl (C=O) groups excluding carboxylic acids is 1. The van der Waals surface area contributed by atoms with Crippen LogP contribution in [0.2, 0.25) is 0 Å². The van der Waals surface area contributed by atoms with E-state index in [0.29, 0.717) is 6.61 Å². The van der Waals surface area contributed by atoms with E-state index >= 15 is 0 Å². The van der Waals surface area contributed by atoms with Gasteiger partial charge in [0.2, 0.25) is 0 Å². The zero-order valence-electron chi connectivity index (χ0n) is 8.25. The normalized spacial score (nSPS) is 12.8. The van der Waals surface area contributed by atoms with Gasteiger partial charge < -0.3 is 4.74 Å². The van der Waals surface area contributed by atoms with Gasteiger partial charge in [-0.25, -0.2) is 0 Å². The van der Waals surface area contributed by atoms with Crippen molar-refractivity contribution in [2.75, 3.05) is 13.7 Å². The highest BCUT2D eigenvalue weighted by Crippen LogP contribution is 2.20. The molecule has 0 aromatic carbocycles. The van der Waals surface area contributed by atoms with Crippen molar-refractivity contribution >= 4 is 39.7 Å². The molecule has 1 atom stereocenters. The number of halogens is 1.